The summed E-state index contributed by atoms with van der Waals surface area (Å²) < 4.78 is 6.37. The molecule has 0 aliphatic carbocycles. The van der Waals surface area contributed by atoms with Gasteiger partial charge < -0.3 is 10.5 Å². The van der Waals surface area contributed by atoms with E-state index >= 15 is 0 Å². The maximum Gasteiger partial charge on any atom is 0.168 e. The number of hydrogen-bond donors (Lipinski definition) is 1. The van der Waals surface area contributed by atoms with Crippen molar-refractivity contribution in [1.82, 2.24) is 15.0 Å². The predicted octanol–water partition coefficient (Wildman–Crippen LogP) is 2.10. The normalized spacial score (nSPS) is 10.2. The van der Waals surface area contributed by atoms with Crippen LogP contribution in [0.3, 0.4) is 0 Å². The van der Waals surface area contributed by atoms with E-state index in [0.29, 0.717) is 17.4 Å². The summed E-state index contributed by atoms with van der Waals surface area (Å²) in [6, 6.07) is 3.54. The molecule has 0 spiro atoms. The van der Waals surface area contributed by atoms with Crippen molar-refractivity contribution < 1.29 is 4.74 Å². The number of aromatic nitrogens is 3. The van der Waals surface area contributed by atoms with Crippen molar-refractivity contribution in [3.63, 3.8) is 0 Å². The van der Waals surface area contributed by atoms with Crippen molar-refractivity contribution in [2.75, 3.05) is 5.73 Å². The van der Waals surface area contributed by atoms with Crippen molar-refractivity contribution in [2.45, 2.75) is 13.5 Å². The van der Waals surface area contributed by atoms with Crippen LogP contribution in [0.2, 0.25) is 0 Å². The predicted molar refractivity (Wildman–Crippen MR) is 67.5 cm³/mol. The highest BCUT2D eigenvalue weighted by atomic mass is 79.9. The highest BCUT2D eigenvalue weighted by molar-refractivity contribution is 9.10. The van der Waals surface area contributed by atoms with Gasteiger partial charge in [0, 0.05) is 22.4 Å². The van der Waals surface area contributed by atoms with Gasteiger partial charge in [0.05, 0.1) is 6.20 Å². The van der Waals surface area contributed by atoms with Crippen LogP contribution in [0, 0.1) is 6.92 Å². The topological polar surface area (TPSA) is 73.9 Å². The molecule has 0 unspecified atom stereocenters. The van der Waals surface area contributed by atoms with Gasteiger partial charge in [-0.25, -0.2) is 9.97 Å². The second kappa shape index (κ2) is 5.09. The number of hydrogen-bond acceptors (Lipinski definition) is 5. The molecule has 2 N–H and O–H groups in total. The van der Waals surface area contributed by atoms with Gasteiger partial charge >= 0.3 is 0 Å². The Morgan fingerprint density at radius 3 is 2.82 bits per heavy atom. The van der Waals surface area contributed by atoms with Crippen LogP contribution in [-0.4, -0.2) is 15.0 Å². The zero-order valence-electron chi connectivity index (χ0n) is 9.22. The fourth-order valence-corrected chi connectivity index (χ4v) is 1.68. The Morgan fingerprint density at radius 2 is 2.12 bits per heavy atom. The zero-order chi connectivity index (χ0) is 12.3. The molecule has 0 saturated heterocycles. The summed E-state index contributed by atoms with van der Waals surface area (Å²) in [4.78, 5) is 12.3. The lowest BCUT2D eigenvalue weighted by Gasteiger charge is -2.06. The van der Waals surface area contributed by atoms with Gasteiger partial charge in [-0.3, -0.25) is 4.98 Å². The largest absolute Gasteiger partial charge is 0.484 e. The minimum Gasteiger partial charge on any atom is -0.484 e. The minimum absolute atomic E-state index is 0.268. The SMILES string of the molecule is Cc1cc(N)nc(COc2cncc(Br)c2)n1. The van der Waals surface area contributed by atoms with E-state index in [1.165, 1.54) is 0 Å². The van der Waals surface area contributed by atoms with Gasteiger partial charge in [-0.2, -0.15) is 0 Å². The van der Waals surface area contributed by atoms with Crippen LogP contribution in [-0.2, 0) is 6.61 Å². The molecule has 2 aromatic heterocycles. The first-order chi connectivity index (χ1) is 8.13. The molecule has 2 rings (SSSR count). The molecule has 0 aliphatic heterocycles. The molecular formula is C11H11BrN4O. The summed E-state index contributed by atoms with van der Waals surface area (Å²) in [6.07, 6.45) is 3.32. The number of nitrogens with two attached hydrogens (primary N) is 1. The number of nitrogens with zero attached hydrogens (tertiary/aromatic N) is 3. The molecule has 0 bridgehead atoms. The number of ether oxygens (including phenoxy) is 1. The van der Waals surface area contributed by atoms with Crippen molar-refractivity contribution in [3.05, 3.63) is 40.5 Å². The zero-order valence-corrected chi connectivity index (χ0v) is 10.8. The average molecular weight is 295 g/mol. The van der Waals surface area contributed by atoms with Crippen molar-refractivity contribution in [1.29, 1.82) is 0 Å². The third-order valence-corrected chi connectivity index (χ3v) is 2.40. The average Bonchev–Trinajstić information content (AvgIpc) is 2.25. The maximum atomic E-state index is 5.63. The van der Waals surface area contributed by atoms with Crippen LogP contribution < -0.4 is 10.5 Å². The first-order valence-electron chi connectivity index (χ1n) is 4.97. The van der Waals surface area contributed by atoms with Gasteiger partial charge in [0.15, 0.2) is 5.82 Å². The quantitative estimate of drug-likeness (QED) is 0.938. The van der Waals surface area contributed by atoms with E-state index < -0.39 is 0 Å². The summed E-state index contributed by atoms with van der Waals surface area (Å²) in [7, 11) is 0. The van der Waals surface area contributed by atoms with E-state index in [0.717, 1.165) is 10.2 Å². The molecule has 0 fully saturated rings. The maximum absolute atomic E-state index is 5.63. The van der Waals surface area contributed by atoms with Gasteiger partial charge in [-0.1, -0.05) is 0 Å². The lowest BCUT2D eigenvalue weighted by Crippen LogP contribution is -2.05. The highest BCUT2D eigenvalue weighted by Gasteiger charge is 2.02. The van der Waals surface area contributed by atoms with E-state index in [1.807, 2.05) is 13.0 Å². The Hall–Kier alpha value is -1.69. The second-order valence-corrected chi connectivity index (χ2v) is 4.39. The minimum atomic E-state index is 0.268. The monoisotopic (exact) mass is 294 g/mol. The molecule has 0 aromatic carbocycles. The number of aryl methyl sites for hydroxylation is 1. The van der Waals surface area contributed by atoms with Crippen LogP contribution >= 0.6 is 15.9 Å². The molecule has 0 radical (unpaired) electrons. The number of halogens is 1. The number of pyridine rings is 1. The molecule has 17 heavy (non-hydrogen) atoms. The molecule has 88 valence electrons. The third kappa shape index (κ3) is 3.39. The Morgan fingerprint density at radius 1 is 1.29 bits per heavy atom. The Kier molecular flexibility index (Phi) is 3.53. The van der Waals surface area contributed by atoms with Crippen LogP contribution in [0.4, 0.5) is 5.82 Å². The lowest BCUT2D eigenvalue weighted by atomic mass is 10.4. The van der Waals surface area contributed by atoms with E-state index in [1.54, 1.807) is 18.5 Å². The number of rotatable bonds is 3. The third-order valence-electron chi connectivity index (χ3n) is 1.97. The Bertz CT molecular complexity index is 512. The van der Waals surface area contributed by atoms with Crippen LogP contribution in [0.15, 0.2) is 29.0 Å². The van der Waals surface area contributed by atoms with Crippen LogP contribution in [0.1, 0.15) is 11.5 Å². The van der Waals surface area contributed by atoms with Gasteiger partial charge in [-0.05, 0) is 28.9 Å². The number of nitrogen functional groups attached to an aromatic ring is 1. The van der Waals surface area contributed by atoms with Crippen LogP contribution in [0.5, 0.6) is 5.75 Å². The van der Waals surface area contributed by atoms with Crippen molar-refractivity contribution in [3.8, 4) is 5.75 Å². The van der Waals surface area contributed by atoms with E-state index in [2.05, 4.69) is 30.9 Å². The fraction of sp³-hybridized carbons (Fsp3) is 0.182. The Balaban J connectivity index is 2.07. The molecule has 0 saturated carbocycles. The first kappa shape index (κ1) is 11.8. The molecule has 2 aromatic rings. The van der Waals surface area contributed by atoms with Gasteiger partial charge in [0.1, 0.15) is 18.2 Å². The molecule has 2 heterocycles. The van der Waals surface area contributed by atoms with Crippen LogP contribution in [0.25, 0.3) is 0 Å². The number of anilines is 1. The fourth-order valence-electron chi connectivity index (χ4n) is 1.34. The van der Waals surface area contributed by atoms with E-state index in [4.69, 9.17) is 10.5 Å². The van der Waals surface area contributed by atoms with Gasteiger partial charge in [-0.15, -0.1) is 0 Å². The summed E-state index contributed by atoms with van der Waals surface area (Å²) >= 11 is 3.32. The van der Waals surface area contributed by atoms with Gasteiger partial charge in [0.2, 0.25) is 0 Å². The Labute approximate surface area is 107 Å². The smallest absolute Gasteiger partial charge is 0.168 e. The summed E-state index contributed by atoms with van der Waals surface area (Å²) in [6.45, 7) is 2.13. The molecule has 0 atom stereocenters. The van der Waals surface area contributed by atoms with Crippen molar-refractivity contribution in [2.24, 2.45) is 0 Å². The van der Waals surface area contributed by atoms with E-state index in [-0.39, 0.29) is 6.61 Å². The molecule has 0 aliphatic rings. The molecule has 5 nitrogen and oxygen atoms in total. The molecule has 6 heteroatoms. The van der Waals surface area contributed by atoms with Gasteiger partial charge in [0.25, 0.3) is 0 Å². The second-order valence-electron chi connectivity index (χ2n) is 3.48. The summed E-state index contributed by atoms with van der Waals surface area (Å²) in [5.74, 6) is 1.66. The lowest BCUT2D eigenvalue weighted by molar-refractivity contribution is 0.294. The van der Waals surface area contributed by atoms with Crippen molar-refractivity contribution >= 4 is 21.7 Å². The summed E-state index contributed by atoms with van der Waals surface area (Å²) in [5, 5.41) is 0. The summed E-state index contributed by atoms with van der Waals surface area (Å²) in [5.41, 5.74) is 6.45. The van der Waals surface area contributed by atoms with E-state index in [9.17, 15) is 0 Å². The highest BCUT2D eigenvalue weighted by Crippen LogP contribution is 2.16. The first-order valence-corrected chi connectivity index (χ1v) is 5.76. The molecular weight excluding hydrogens is 284 g/mol. The molecule has 0 amide bonds. The standard InChI is InChI=1S/C11H11BrN4O/c1-7-2-10(13)16-11(15-7)6-17-9-3-8(12)4-14-5-9/h2-5H,6H2,1H3,(H2,13,15,16).